The number of halogens is 3. The van der Waals surface area contributed by atoms with Crippen LogP contribution in [0.5, 0.6) is 17.4 Å². The number of benzene rings is 3. The van der Waals surface area contributed by atoms with Gasteiger partial charge in [-0.1, -0.05) is 54.1 Å². The van der Waals surface area contributed by atoms with E-state index in [4.69, 9.17) is 30.8 Å². The molecule has 0 aliphatic rings. The van der Waals surface area contributed by atoms with E-state index in [-0.39, 0.29) is 40.7 Å². The number of hydrogen-bond donors (Lipinski definition) is 3. The van der Waals surface area contributed by atoms with Crippen LogP contribution in [0.1, 0.15) is 22.8 Å². The Morgan fingerprint density at radius 1 is 0.952 bits per heavy atom. The molecule has 4 rings (SSSR count). The van der Waals surface area contributed by atoms with Gasteiger partial charge < -0.3 is 30.8 Å². The Bertz CT molecular complexity index is 1580. The van der Waals surface area contributed by atoms with E-state index >= 15 is 0 Å². The number of hydrogen-bond acceptors (Lipinski definition) is 8. The molecule has 0 aliphatic carbocycles. The molecule has 0 amide bonds. The summed E-state index contributed by atoms with van der Waals surface area (Å²) in [6.07, 6.45) is -7.24. The highest BCUT2D eigenvalue weighted by Crippen LogP contribution is 2.45. The maximum absolute atomic E-state index is 14.7. The standard InChI is InChI=1S/C30H29F3N4O5/c1-16-5-4-6-19(11-16)20-13-24(40-2)25(41-3)14-21(20)27(30(31,32)33)42-26-15-23(36-29(35)37-26)18-9-7-17(8-10-18)12-22(34)28(38)39/h4-11,13-15,22,27H,12,34H2,1-3H3,(H,38,39)(H2,35,36,37). The van der Waals surface area contributed by atoms with Gasteiger partial charge in [0.05, 0.1) is 19.9 Å². The van der Waals surface area contributed by atoms with Crippen molar-refractivity contribution in [2.24, 2.45) is 5.73 Å². The summed E-state index contributed by atoms with van der Waals surface area (Å²) in [7, 11) is 2.73. The molecule has 0 saturated heterocycles. The second-order valence-corrected chi connectivity index (χ2v) is 9.50. The van der Waals surface area contributed by atoms with Gasteiger partial charge in [0.15, 0.2) is 11.5 Å². The average Bonchev–Trinajstić information content (AvgIpc) is 2.94. The number of nitrogens with zero attached hydrogens (tertiary/aromatic N) is 2. The van der Waals surface area contributed by atoms with Crippen LogP contribution in [0.3, 0.4) is 0 Å². The molecule has 3 aromatic carbocycles. The second-order valence-electron chi connectivity index (χ2n) is 9.50. The van der Waals surface area contributed by atoms with E-state index in [2.05, 4.69) is 9.97 Å². The highest BCUT2D eigenvalue weighted by molar-refractivity contribution is 5.74. The fourth-order valence-corrected chi connectivity index (χ4v) is 4.41. The topological polar surface area (TPSA) is 143 Å². The molecule has 2 unspecified atom stereocenters. The number of carbonyl (C=O) groups is 1. The quantitative estimate of drug-likeness (QED) is 0.225. The van der Waals surface area contributed by atoms with Gasteiger partial charge in [-0.05, 0) is 42.2 Å². The van der Waals surface area contributed by atoms with Crippen molar-refractivity contribution in [2.75, 3.05) is 20.0 Å². The number of alkyl halides is 3. The fourth-order valence-electron chi connectivity index (χ4n) is 4.41. The zero-order valence-corrected chi connectivity index (χ0v) is 23.0. The van der Waals surface area contributed by atoms with Gasteiger partial charge in [0.25, 0.3) is 0 Å². The first-order chi connectivity index (χ1) is 19.9. The Labute approximate surface area is 239 Å². The molecule has 9 nitrogen and oxygen atoms in total. The summed E-state index contributed by atoms with van der Waals surface area (Å²) in [4.78, 5) is 19.1. The Balaban J connectivity index is 1.77. The van der Waals surface area contributed by atoms with Gasteiger partial charge in [-0.15, -0.1) is 0 Å². The van der Waals surface area contributed by atoms with E-state index in [1.54, 1.807) is 42.5 Å². The maximum atomic E-state index is 14.7. The predicted octanol–water partition coefficient (Wildman–Crippen LogP) is 5.36. The molecular weight excluding hydrogens is 553 g/mol. The Morgan fingerprint density at radius 2 is 1.62 bits per heavy atom. The van der Waals surface area contributed by atoms with Crippen LogP contribution >= 0.6 is 0 Å². The zero-order valence-electron chi connectivity index (χ0n) is 23.0. The molecule has 42 heavy (non-hydrogen) atoms. The molecule has 220 valence electrons. The lowest BCUT2D eigenvalue weighted by molar-refractivity contribution is -0.198. The third-order valence-corrected chi connectivity index (χ3v) is 6.45. The summed E-state index contributed by atoms with van der Waals surface area (Å²) in [5.41, 5.74) is 14.2. The molecule has 0 fully saturated rings. The number of aliphatic carboxylic acids is 1. The summed E-state index contributed by atoms with van der Waals surface area (Å²) in [5, 5.41) is 9.03. The van der Waals surface area contributed by atoms with Gasteiger partial charge in [-0.3, -0.25) is 4.79 Å². The summed E-state index contributed by atoms with van der Waals surface area (Å²) in [5.74, 6) is -1.50. The van der Waals surface area contributed by atoms with Gasteiger partial charge in [0.2, 0.25) is 17.9 Å². The minimum Gasteiger partial charge on any atom is -0.493 e. The van der Waals surface area contributed by atoms with Crippen LogP contribution in [0.2, 0.25) is 0 Å². The third kappa shape index (κ3) is 6.89. The van der Waals surface area contributed by atoms with Crippen LogP contribution in [-0.2, 0) is 11.2 Å². The number of aryl methyl sites for hydroxylation is 1. The maximum Gasteiger partial charge on any atom is 0.429 e. The summed E-state index contributed by atoms with van der Waals surface area (Å²) in [6, 6.07) is 16.5. The van der Waals surface area contributed by atoms with Gasteiger partial charge in [0.1, 0.15) is 6.04 Å². The van der Waals surface area contributed by atoms with Crippen molar-refractivity contribution in [3.63, 3.8) is 0 Å². The van der Waals surface area contributed by atoms with E-state index in [0.717, 1.165) is 5.56 Å². The van der Waals surface area contributed by atoms with Crippen LogP contribution in [0, 0.1) is 6.92 Å². The lowest BCUT2D eigenvalue weighted by Crippen LogP contribution is -2.32. The summed E-state index contributed by atoms with van der Waals surface area (Å²) >= 11 is 0. The van der Waals surface area contributed by atoms with Crippen LogP contribution in [0.4, 0.5) is 19.1 Å². The first kappa shape index (κ1) is 30.1. The van der Waals surface area contributed by atoms with Crippen molar-refractivity contribution in [3.05, 3.63) is 83.4 Å². The average molecular weight is 583 g/mol. The number of nitrogens with two attached hydrogens (primary N) is 2. The number of rotatable bonds is 10. The predicted molar refractivity (Wildman–Crippen MR) is 150 cm³/mol. The highest BCUT2D eigenvalue weighted by Gasteiger charge is 2.45. The van der Waals surface area contributed by atoms with Crippen molar-refractivity contribution >= 4 is 11.9 Å². The molecular formula is C30H29F3N4O5. The minimum absolute atomic E-state index is 0.0901. The lowest BCUT2D eigenvalue weighted by atomic mass is 9.94. The number of aromatic nitrogens is 2. The molecule has 1 aromatic heterocycles. The van der Waals surface area contributed by atoms with E-state index in [1.807, 2.05) is 13.0 Å². The molecule has 12 heteroatoms. The van der Waals surface area contributed by atoms with Crippen LogP contribution in [0.15, 0.2) is 66.7 Å². The number of anilines is 1. The summed E-state index contributed by atoms with van der Waals surface area (Å²) < 4.78 is 60.3. The molecule has 4 aromatic rings. The molecule has 2 atom stereocenters. The van der Waals surface area contributed by atoms with Gasteiger partial charge in [-0.2, -0.15) is 18.2 Å². The molecule has 0 radical (unpaired) electrons. The second kappa shape index (κ2) is 12.4. The molecule has 1 heterocycles. The van der Waals surface area contributed by atoms with E-state index in [9.17, 15) is 18.0 Å². The van der Waals surface area contributed by atoms with Crippen molar-refractivity contribution in [2.45, 2.75) is 31.7 Å². The number of carboxylic acids is 1. The van der Waals surface area contributed by atoms with Gasteiger partial charge >= 0.3 is 12.1 Å². The van der Waals surface area contributed by atoms with E-state index in [0.29, 0.717) is 16.7 Å². The largest absolute Gasteiger partial charge is 0.493 e. The van der Waals surface area contributed by atoms with Crippen molar-refractivity contribution < 1.29 is 37.3 Å². The first-order valence-electron chi connectivity index (χ1n) is 12.7. The monoisotopic (exact) mass is 582 g/mol. The number of nitrogen functional groups attached to an aromatic ring is 1. The number of methoxy groups -OCH3 is 2. The minimum atomic E-state index is -4.87. The first-order valence-corrected chi connectivity index (χ1v) is 12.7. The van der Waals surface area contributed by atoms with Gasteiger partial charge in [-0.25, -0.2) is 4.98 Å². The number of ether oxygens (including phenoxy) is 3. The van der Waals surface area contributed by atoms with Crippen molar-refractivity contribution in [1.29, 1.82) is 0 Å². The third-order valence-electron chi connectivity index (χ3n) is 6.45. The van der Waals surface area contributed by atoms with Crippen LogP contribution in [-0.4, -0.2) is 47.5 Å². The molecule has 0 bridgehead atoms. The smallest absolute Gasteiger partial charge is 0.429 e. The zero-order chi connectivity index (χ0) is 30.6. The fraction of sp³-hybridized carbons (Fsp3) is 0.233. The van der Waals surface area contributed by atoms with Gasteiger partial charge in [0, 0.05) is 17.2 Å². The molecule has 0 spiro atoms. The summed E-state index contributed by atoms with van der Waals surface area (Å²) in [6.45, 7) is 1.83. The highest BCUT2D eigenvalue weighted by atomic mass is 19.4. The van der Waals surface area contributed by atoms with E-state index in [1.165, 1.54) is 32.4 Å². The SMILES string of the molecule is COc1cc(-c2cccc(C)c2)c(C(Oc2cc(-c3ccc(CC(N)C(=O)O)cc3)nc(N)n2)C(F)(F)F)cc1OC. The number of carboxylic acid groups (broad SMARTS) is 1. The Hall–Kier alpha value is -4.84. The van der Waals surface area contributed by atoms with E-state index < -0.39 is 30.2 Å². The normalized spacial score (nSPS) is 12.8. The Kier molecular flexibility index (Phi) is 8.86. The van der Waals surface area contributed by atoms with Crippen LogP contribution < -0.4 is 25.7 Å². The lowest BCUT2D eigenvalue weighted by Gasteiger charge is -2.25. The van der Waals surface area contributed by atoms with Crippen LogP contribution in [0.25, 0.3) is 22.4 Å². The molecule has 0 saturated carbocycles. The van der Waals surface area contributed by atoms with Crippen molar-refractivity contribution in [3.8, 4) is 39.8 Å². The Morgan fingerprint density at radius 3 is 2.21 bits per heavy atom. The van der Waals surface area contributed by atoms with Crippen molar-refractivity contribution in [1.82, 2.24) is 9.97 Å². The molecule has 0 aliphatic heterocycles. The molecule has 5 N–H and O–H groups in total.